The lowest BCUT2D eigenvalue weighted by Crippen LogP contribution is -2.39. The Labute approximate surface area is 90.1 Å². The highest BCUT2D eigenvalue weighted by Crippen LogP contribution is 2.12. The zero-order chi connectivity index (χ0) is 11.3. The smallest absolute Gasteiger partial charge is 0.123 e. The summed E-state index contributed by atoms with van der Waals surface area (Å²) in [6.45, 7) is 5.15. The van der Waals surface area contributed by atoms with Gasteiger partial charge in [0.15, 0.2) is 0 Å². The molecule has 3 heteroatoms. The normalized spacial score (nSPS) is 14.9. The highest BCUT2D eigenvalue weighted by molar-refractivity contribution is 5.18. The van der Waals surface area contributed by atoms with Gasteiger partial charge in [-0.2, -0.15) is 0 Å². The van der Waals surface area contributed by atoms with Gasteiger partial charge >= 0.3 is 0 Å². The minimum Gasteiger partial charge on any atom is -0.389 e. The summed E-state index contributed by atoms with van der Waals surface area (Å²) in [6, 6.07) is 6.24. The van der Waals surface area contributed by atoms with Gasteiger partial charge in [0.2, 0.25) is 0 Å². The molecule has 0 saturated heterocycles. The van der Waals surface area contributed by atoms with E-state index in [0.717, 1.165) is 12.1 Å². The van der Waals surface area contributed by atoms with Crippen LogP contribution < -0.4 is 5.32 Å². The van der Waals surface area contributed by atoms with E-state index in [4.69, 9.17) is 0 Å². The van der Waals surface area contributed by atoms with E-state index < -0.39 is 5.60 Å². The second kappa shape index (κ2) is 5.24. The zero-order valence-electron chi connectivity index (χ0n) is 9.26. The Balaban J connectivity index is 2.56. The van der Waals surface area contributed by atoms with E-state index in [1.165, 1.54) is 12.1 Å². The summed E-state index contributed by atoms with van der Waals surface area (Å²) < 4.78 is 12.6. The van der Waals surface area contributed by atoms with Gasteiger partial charge < -0.3 is 10.4 Å². The van der Waals surface area contributed by atoms with Crippen LogP contribution in [0.25, 0.3) is 0 Å². The number of rotatable bonds is 5. The molecule has 84 valence electrons. The van der Waals surface area contributed by atoms with Gasteiger partial charge in [0.05, 0.1) is 5.60 Å². The van der Waals surface area contributed by atoms with Gasteiger partial charge in [0.25, 0.3) is 0 Å². The van der Waals surface area contributed by atoms with Crippen molar-refractivity contribution >= 4 is 0 Å². The van der Waals surface area contributed by atoms with Gasteiger partial charge in [-0.3, -0.25) is 0 Å². The van der Waals surface area contributed by atoms with Gasteiger partial charge in [-0.05, 0) is 31.2 Å². The molecular formula is C12H18FNO. The van der Waals surface area contributed by atoms with Gasteiger partial charge in [0.1, 0.15) is 5.82 Å². The molecule has 0 fully saturated rings. The maximum atomic E-state index is 12.6. The summed E-state index contributed by atoms with van der Waals surface area (Å²) in [5.74, 6) is -0.245. The van der Waals surface area contributed by atoms with Gasteiger partial charge in [-0.25, -0.2) is 4.39 Å². The van der Waals surface area contributed by atoms with Crippen molar-refractivity contribution in [2.45, 2.75) is 25.9 Å². The number of nitrogens with one attached hydrogen (secondary N) is 1. The lowest BCUT2D eigenvalue weighted by atomic mass is 9.96. The highest BCUT2D eigenvalue weighted by Gasteiger charge is 2.19. The lowest BCUT2D eigenvalue weighted by molar-refractivity contribution is 0.0607. The third-order valence-corrected chi connectivity index (χ3v) is 2.25. The molecule has 0 aliphatic heterocycles. The van der Waals surface area contributed by atoms with Crippen molar-refractivity contribution < 1.29 is 9.50 Å². The molecule has 15 heavy (non-hydrogen) atoms. The van der Waals surface area contributed by atoms with Gasteiger partial charge in [0, 0.05) is 13.0 Å². The quantitative estimate of drug-likeness (QED) is 0.777. The third-order valence-electron chi connectivity index (χ3n) is 2.25. The molecule has 0 radical (unpaired) electrons. The van der Waals surface area contributed by atoms with Crippen LogP contribution in [0.4, 0.5) is 4.39 Å². The van der Waals surface area contributed by atoms with E-state index >= 15 is 0 Å². The molecular weight excluding hydrogens is 193 g/mol. The maximum Gasteiger partial charge on any atom is 0.123 e. The van der Waals surface area contributed by atoms with E-state index in [1.807, 2.05) is 6.92 Å². The summed E-state index contributed by atoms with van der Waals surface area (Å²) in [4.78, 5) is 0. The van der Waals surface area contributed by atoms with Gasteiger partial charge in [-0.15, -0.1) is 0 Å². The first-order chi connectivity index (χ1) is 7.03. The van der Waals surface area contributed by atoms with Crippen LogP contribution >= 0.6 is 0 Å². The minimum atomic E-state index is -0.784. The van der Waals surface area contributed by atoms with Crippen LogP contribution in [0.3, 0.4) is 0 Å². The molecule has 1 aromatic carbocycles. The molecule has 0 saturated carbocycles. The summed E-state index contributed by atoms with van der Waals surface area (Å²) in [6.07, 6.45) is 0.528. The maximum absolute atomic E-state index is 12.6. The number of hydrogen-bond acceptors (Lipinski definition) is 2. The SMILES string of the molecule is CCNCC(C)(O)Cc1ccc(F)cc1. The molecule has 0 aliphatic carbocycles. The van der Waals surface area contributed by atoms with Crippen LogP contribution in [0.1, 0.15) is 19.4 Å². The van der Waals surface area contributed by atoms with Gasteiger partial charge in [-0.1, -0.05) is 19.1 Å². The molecule has 2 N–H and O–H groups in total. The fourth-order valence-electron chi connectivity index (χ4n) is 1.50. The zero-order valence-corrected chi connectivity index (χ0v) is 9.26. The molecule has 0 amide bonds. The number of aliphatic hydroxyl groups is 1. The summed E-state index contributed by atoms with van der Waals surface area (Å²) >= 11 is 0. The highest BCUT2D eigenvalue weighted by atomic mass is 19.1. The number of benzene rings is 1. The Hall–Kier alpha value is -0.930. The number of likely N-dealkylation sites (N-methyl/N-ethyl adjacent to an activating group) is 1. The largest absolute Gasteiger partial charge is 0.389 e. The van der Waals surface area contributed by atoms with Crippen LogP contribution in [0.2, 0.25) is 0 Å². The van der Waals surface area contributed by atoms with Crippen molar-refractivity contribution in [1.82, 2.24) is 5.32 Å². The van der Waals surface area contributed by atoms with E-state index in [9.17, 15) is 9.50 Å². The van der Waals surface area contributed by atoms with Crippen molar-refractivity contribution in [3.05, 3.63) is 35.6 Å². The Bertz CT molecular complexity index is 295. The summed E-state index contributed by atoms with van der Waals surface area (Å²) in [5.41, 5.74) is 0.160. The van der Waals surface area contributed by atoms with Crippen LogP contribution in [0, 0.1) is 5.82 Å². The van der Waals surface area contributed by atoms with Crippen molar-refractivity contribution in [3.63, 3.8) is 0 Å². The average Bonchev–Trinajstić information content (AvgIpc) is 2.18. The lowest BCUT2D eigenvalue weighted by Gasteiger charge is -2.23. The van der Waals surface area contributed by atoms with Crippen LogP contribution in [-0.2, 0) is 6.42 Å². The van der Waals surface area contributed by atoms with E-state index in [2.05, 4.69) is 5.32 Å². The molecule has 0 aliphatic rings. The summed E-state index contributed by atoms with van der Waals surface area (Å²) in [5, 5.41) is 13.1. The molecule has 0 spiro atoms. The van der Waals surface area contributed by atoms with E-state index in [0.29, 0.717) is 13.0 Å². The second-order valence-electron chi connectivity index (χ2n) is 4.08. The van der Waals surface area contributed by atoms with Crippen LogP contribution in [0.15, 0.2) is 24.3 Å². The Morgan fingerprint density at radius 2 is 1.93 bits per heavy atom. The molecule has 1 atom stereocenters. The number of halogens is 1. The second-order valence-corrected chi connectivity index (χ2v) is 4.08. The first kappa shape index (κ1) is 12.1. The Morgan fingerprint density at radius 1 is 1.33 bits per heavy atom. The molecule has 1 unspecified atom stereocenters. The third kappa shape index (κ3) is 4.40. The fourth-order valence-corrected chi connectivity index (χ4v) is 1.50. The Morgan fingerprint density at radius 3 is 2.47 bits per heavy atom. The van der Waals surface area contributed by atoms with E-state index in [1.54, 1.807) is 19.1 Å². The topological polar surface area (TPSA) is 32.3 Å². The fraction of sp³-hybridized carbons (Fsp3) is 0.500. The standard InChI is InChI=1S/C12H18FNO/c1-3-14-9-12(2,15)8-10-4-6-11(13)7-5-10/h4-7,14-15H,3,8-9H2,1-2H3. The monoisotopic (exact) mass is 211 g/mol. The van der Waals surface area contributed by atoms with Crippen molar-refractivity contribution in [2.75, 3.05) is 13.1 Å². The molecule has 1 aromatic rings. The average molecular weight is 211 g/mol. The summed E-state index contributed by atoms with van der Waals surface area (Å²) in [7, 11) is 0. The van der Waals surface area contributed by atoms with Crippen molar-refractivity contribution in [2.24, 2.45) is 0 Å². The predicted molar refractivity (Wildman–Crippen MR) is 59.3 cm³/mol. The van der Waals surface area contributed by atoms with Crippen molar-refractivity contribution in [1.29, 1.82) is 0 Å². The predicted octanol–water partition coefficient (Wildman–Crippen LogP) is 1.73. The number of hydrogen-bond donors (Lipinski definition) is 2. The van der Waals surface area contributed by atoms with Crippen molar-refractivity contribution in [3.8, 4) is 0 Å². The first-order valence-corrected chi connectivity index (χ1v) is 5.21. The van der Waals surface area contributed by atoms with E-state index in [-0.39, 0.29) is 5.82 Å². The first-order valence-electron chi connectivity index (χ1n) is 5.21. The van der Waals surface area contributed by atoms with Crippen LogP contribution in [0.5, 0.6) is 0 Å². The molecule has 2 nitrogen and oxygen atoms in total. The molecule has 0 heterocycles. The Kier molecular flexibility index (Phi) is 4.24. The van der Waals surface area contributed by atoms with Crippen LogP contribution in [-0.4, -0.2) is 23.8 Å². The minimum absolute atomic E-state index is 0.245. The molecule has 0 aromatic heterocycles. The molecule has 1 rings (SSSR count). The molecule has 0 bridgehead atoms.